The van der Waals surface area contributed by atoms with E-state index in [9.17, 15) is 0 Å². The van der Waals surface area contributed by atoms with Crippen LogP contribution in [-0.4, -0.2) is 14.8 Å². The molecule has 0 radical (unpaired) electrons. The van der Waals surface area contributed by atoms with Crippen molar-refractivity contribution in [1.82, 2.24) is 14.8 Å². The lowest BCUT2D eigenvalue weighted by molar-refractivity contribution is 0.839. The van der Waals surface area contributed by atoms with Gasteiger partial charge in [-0.15, -0.1) is 5.10 Å². The van der Waals surface area contributed by atoms with Crippen molar-refractivity contribution in [3.8, 4) is 17.1 Å². The molecule has 0 aliphatic carbocycles. The van der Waals surface area contributed by atoms with Gasteiger partial charge in [-0.2, -0.15) is 0 Å². The number of para-hydroxylation sites is 1. The van der Waals surface area contributed by atoms with Crippen molar-refractivity contribution in [3.05, 3.63) is 95.5 Å². The largest absolute Gasteiger partial charge is 0.212 e. The van der Waals surface area contributed by atoms with Crippen LogP contribution in [0.5, 0.6) is 0 Å². The van der Waals surface area contributed by atoms with E-state index in [-0.39, 0.29) is 0 Å². The summed E-state index contributed by atoms with van der Waals surface area (Å²) in [6.45, 7) is 0. The molecule has 0 saturated heterocycles. The molecule has 1 aromatic heterocycles. The highest BCUT2D eigenvalue weighted by atomic mass is 35.5. The molecule has 0 unspecified atom stereocenters. The van der Waals surface area contributed by atoms with Crippen molar-refractivity contribution in [1.29, 1.82) is 0 Å². The summed E-state index contributed by atoms with van der Waals surface area (Å²) < 4.78 is 1.89. The van der Waals surface area contributed by atoms with Gasteiger partial charge in [-0.1, -0.05) is 90.1 Å². The van der Waals surface area contributed by atoms with Crippen LogP contribution in [0.3, 0.4) is 0 Å². The first-order valence-corrected chi connectivity index (χ1v) is 9.62. The van der Waals surface area contributed by atoms with Crippen molar-refractivity contribution < 1.29 is 0 Å². The summed E-state index contributed by atoms with van der Waals surface area (Å²) in [5.41, 5.74) is 3.10. The second kappa shape index (κ2) is 7.77. The van der Waals surface area contributed by atoms with Crippen molar-refractivity contribution in [2.24, 2.45) is 0 Å². The smallest absolute Gasteiger partial charge is 0.209 e. The fraction of sp³-hybridized carbons (Fsp3) is 0.0476. The molecule has 0 bridgehead atoms. The van der Waals surface area contributed by atoms with Gasteiger partial charge in [0.15, 0.2) is 5.82 Å². The van der Waals surface area contributed by atoms with E-state index in [4.69, 9.17) is 21.7 Å². The van der Waals surface area contributed by atoms with Crippen LogP contribution in [0, 0.1) is 0 Å². The van der Waals surface area contributed by atoms with Gasteiger partial charge in [0.05, 0.1) is 5.69 Å². The molecule has 0 N–H and O–H groups in total. The van der Waals surface area contributed by atoms with Crippen molar-refractivity contribution >= 4 is 23.4 Å². The summed E-state index contributed by atoms with van der Waals surface area (Å²) in [4.78, 5) is 4.77. The molecular formula is C21H16ClN3S. The van der Waals surface area contributed by atoms with E-state index in [0.717, 1.165) is 38.6 Å². The van der Waals surface area contributed by atoms with E-state index >= 15 is 0 Å². The molecule has 128 valence electrons. The molecule has 0 spiro atoms. The Morgan fingerprint density at radius 1 is 0.808 bits per heavy atom. The minimum absolute atomic E-state index is 0.729. The molecule has 3 aromatic carbocycles. The van der Waals surface area contributed by atoms with E-state index < -0.39 is 0 Å². The van der Waals surface area contributed by atoms with E-state index in [1.165, 1.54) is 0 Å². The molecule has 4 rings (SSSR count). The molecule has 0 saturated carbocycles. The quantitative estimate of drug-likeness (QED) is 0.407. The molecule has 0 atom stereocenters. The lowest BCUT2D eigenvalue weighted by Crippen LogP contribution is -1.99. The average Bonchev–Trinajstić information content (AvgIpc) is 3.13. The summed E-state index contributed by atoms with van der Waals surface area (Å²) in [6, 6.07) is 28.0. The zero-order chi connectivity index (χ0) is 17.8. The van der Waals surface area contributed by atoms with Crippen LogP contribution in [-0.2, 0) is 5.75 Å². The number of halogens is 1. The third-order valence-corrected chi connectivity index (χ3v) is 5.19. The Balaban J connectivity index is 1.68. The first-order chi connectivity index (χ1) is 12.8. The van der Waals surface area contributed by atoms with Crippen molar-refractivity contribution in [2.75, 3.05) is 0 Å². The van der Waals surface area contributed by atoms with Gasteiger partial charge < -0.3 is 0 Å². The second-order valence-electron chi connectivity index (χ2n) is 5.71. The molecule has 0 fully saturated rings. The minimum atomic E-state index is 0.729. The Bertz CT molecular complexity index is 943. The monoisotopic (exact) mass is 377 g/mol. The molecule has 5 heteroatoms. The predicted molar refractivity (Wildman–Crippen MR) is 108 cm³/mol. The van der Waals surface area contributed by atoms with Crippen molar-refractivity contribution in [2.45, 2.75) is 10.9 Å². The van der Waals surface area contributed by atoms with Crippen LogP contribution >= 0.6 is 23.4 Å². The van der Waals surface area contributed by atoms with Crippen LogP contribution in [0.2, 0.25) is 5.02 Å². The SMILES string of the molecule is Clc1ccccc1CSc1nc(-c2ccccc2)n(-c2ccccc2)n1. The van der Waals surface area contributed by atoms with Gasteiger partial charge in [0, 0.05) is 16.3 Å². The van der Waals surface area contributed by atoms with Crippen LogP contribution in [0.4, 0.5) is 0 Å². The van der Waals surface area contributed by atoms with Crippen LogP contribution in [0.15, 0.2) is 90.1 Å². The van der Waals surface area contributed by atoms with Gasteiger partial charge in [0.2, 0.25) is 5.16 Å². The Hall–Kier alpha value is -2.56. The maximum Gasteiger partial charge on any atom is 0.209 e. The van der Waals surface area contributed by atoms with Crippen LogP contribution in [0.25, 0.3) is 17.1 Å². The standard InChI is InChI=1S/C21H16ClN3S/c22-19-14-8-7-11-17(19)15-26-21-23-20(16-9-3-1-4-10-16)25(24-21)18-12-5-2-6-13-18/h1-14H,15H2. The molecule has 3 nitrogen and oxygen atoms in total. The highest BCUT2D eigenvalue weighted by molar-refractivity contribution is 7.98. The molecule has 0 aliphatic rings. The summed E-state index contributed by atoms with van der Waals surface area (Å²) in [5, 5.41) is 6.23. The number of hydrogen-bond donors (Lipinski definition) is 0. The van der Waals surface area contributed by atoms with E-state index in [2.05, 4.69) is 0 Å². The number of benzene rings is 3. The zero-order valence-corrected chi connectivity index (χ0v) is 15.5. The first-order valence-electron chi connectivity index (χ1n) is 8.25. The summed E-state index contributed by atoms with van der Waals surface area (Å²) in [6.07, 6.45) is 0. The maximum atomic E-state index is 6.26. The zero-order valence-electron chi connectivity index (χ0n) is 13.9. The summed E-state index contributed by atoms with van der Waals surface area (Å²) in [5.74, 6) is 1.56. The first kappa shape index (κ1) is 16.9. The fourth-order valence-corrected chi connectivity index (χ4v) is 3.74. The number of nitrogens with zero attached hydrogens (tertiary/aromatic N) is 3. The van der Waals surface area contributed by atoms with Gasteiger partial charge >= 0.3 is 0 Å². The van der Waals surface area contributed by atoms with E-state index in [1.807, 2.05) is 89.6 Å². The lowest BCUT2D eigenvalue weighted by Gasteiger charge is -2.05. The molecular weight excluding hydrogens is 362 g/mol. The topological polar surface area (TPSA) is 30.7 Å². The molecule has 26 heavy (non-hydrogen) atoms. The number of hydrogen-bond acceptors (Lipinski definition) is 3. The molecule has 0 aliphatic heterocycles. The summed E-state index contributed by atoms with van der Waals surface area (Å²) in [7, 11) is 0. The highest BCUT2D eigenvalue weighted by Crippen LogP contribution is 2.28. The Morgan fingerprint density at radius 2 is 1.46 bits per heavy atom. The van der Waals surface area contributed by atoms with Gasteiger partial charge in [-0.3, -0.25) is 0 Å². The van der Waals surface area contributed by atoms with Gasteiger partial charge in [-0.25, -0.2) is 9.67 Å². The third kappa shape index (κ3) is 3.66. The van der Waals surface area contributed by atoms with Gasteiger partial charge in [0.1, 0.15) is 0 Å². The van der Waals surface area contributed by atoms with Gasteiger partial charge in [-0.05, 0) is 23.8 Å². The second-order valence-corrected chi connectivity index (χ2v) is 7.06. The fourth-order valence-electron chi connectivity index (χ4n) is 2.64. The number of thioether (sulfide) groups is 1. The van der Waals surface area contributed by atoms with Gasteiger partial charge in [0.25, 0.3) is 0 Å². The molecule has 0 amide bonds. The average molecular weight is 378 g/mol. The van der Waals surface area contributed by atoms with Crippen LogP contribution in [0.1, 0.15) is 5.56 Å². The van der Waals surface area contributed by atoms with Crippen LogP contribution < -0.4 is 0 Å². The predicted octanol–water partition coefficient (Wildman–Crippen LogP) is 5.88. The molecule has 4 aromatic rings. The summed E-state index contributed by atoms with van der Waals surface area (Å²) >= 11 is 7.84. The van der Waals surface area contributed by atoms with E-state index in [0.29, 0.717) is 0 Å². The Morgan fingerprint density at radius 3 is 2.19 bits per heavy atom. The van der Waals surface area contributed by atoms with E-state index in [1.54, 1.807) is 11.8 Å². The Labute approximate surface area is 161 Å². The molecule has 1 heterocycles. The lowest BCUT2D eigenvalue weighted by atomic mass is 10.2. The number of aromatic nitrogens is 3. The number of rotatable bonds is 5. The normalized spacial score (nSPS) is 10.8. The maximum absolute atomic E-state index is 6.26. The Kier molecular flexibility index (Phi) is 5.04. The van der Waals surface area contributed by atoms with Crippen molar-refractivity contribution in [3.63, 3.8) is 0 Å². The third-order valence-electron chi connectivity index (χ3n) is 3.94. The minimum Gasteiger partial charge on any atom is -0.212 e. The highest BCUT2D eigenvalue weighted by Gasteiger charge is 2.14.